The van der Waals surface area contributed by atoms with Crippen molar-refractivity contribution in [2.24, 2.45) is 0 Å². The number of nitriles is 1. The summed E-state index contributed by atoms with van der Waals surface area (Å²) in [5.41, 5.74) is -0.259. The molecule has 0 fully saturated rings. The van der Waals surface area contributed by atoms with Gasteiger partial charge in [0.2, 0.25) is 0 Å². The predicted molar refractivity (Wildman–Crippen MR) is 60.8 cm³/mol. The van der Waals surface area contributed by atoms with Gasteiger partial charge in [-0.25, -0.2) is 0 Å². The number of aliphatic carboxylic acids is 1. The number of carboxylic acid groups (broad SMARTS) is 1. The Labute approximate surface area is 101 Å². The van der Waals surface area contributed by atoms with Crippen molar-refractivity contribution < 1.29 is 14.8 Å². The third-order valence-electron chi connectivity index (χ3n) is 1.87. The molecule has 0 saturated carbocycles. The number of rotatable bonds is 5. The molecule has 7 heteroatoms. The second-order valence-corrected chi connectivity index (χ2v) is 4.21. The molecule has 0 spiro atoms. The number of hydrogen-bond acceptors (Lipinski definition) is 5. The average Bonchev–Trinajstić information content (AvgIpc) is 2.28. The fraction of sp³-hybridized carbons (Fsp3) is 0.200. The maximum absolute atomic E-state index is 10.6. The number of nitro groups is 1. The molecule has 0 atom stereocenters. The first kappa shape index (κ1) is 13.0. The van der Waals surface area contributed by atoms with Crippen molar-refractivity contribution in [3.05, 3.63) is 33.9 Å². The Hall–Kier alpha value is -2.07. The van der Waals surface area contributed by atoms with Crippen molar-refractivity contribution in [2.45, 2.75) is 11.3 Å². The van der Waals surface area contributed by atoms with Gasteiger partial charge in [0.1, 0.15) is 11.6 Å². The minimum atomic E-state index is -0.903. The van der Waals surface area contributed by atoms with Gasteiger partial charge in [-0.05, 0) is 12.1 Å². The van der Waals surface area contributed by atoms with Crippen molar-refractivity contribution in [1.29, 1.82) is 5.26 Å². The number of nitro benzene ring substituents is 1. The van der Waals surface area contributed by atoms with Gasteiger partial charge in [0.25, 0.3) is 5.69 Å². The van der Waals surface area contributed by atoms with Crippen molar-refractivity contribution >= 4 is 23.4 Å². The summed E-state index contributed by atoms with van der Waals surface area (Å²) in [4.78, 5) is 20.9. The summed E-state index contributed by atoms with van der Waals surface area (Å²) in [6.07, 6.45) is 0.00351. The zero-order chi connectivity index (χ0) is 12.8. The summed E-state index contributed by atoms with van der Waals surface area (Å²) in [6, 6.07) is 5.90. The molecule has 0 heterocycles. The molecule has 0 aliphatic rings. The number of nitrogens with zero attached hydrogens (tertiary/aromatic N) is 2. The molecular formula is C10H8N2O4S. The quantitative estimate of drug-likeness (QED) is 0.488. The highest BCUT2D eigenvalue weighted by atomic mass is 32.2. The van der Waals surface area contributed by atoms with Gasteiger partial charge in [-0.2, -0.15) is 5.26 Å². The van der Waals surface area contributed by atoms with Crippen LogP contribution in [0.5, 0.6) is 0 Å². The Morgan fingerprint density at radius 1 is 1.59 bits per heavy atom. The number of carbonyl (C=O) groups is 1. The number of carboxylic acids is 1. The van der Waals surface area contributed by atoms with Crippen molar-refractivity contribution in [3.63, 3.8) is 0 Å². The standard InChI is InChI=1S/C10H8N2O4S/c11-6-7-5-8(17-4-3-10(13)14)1-2-9(7)12(15)16/h1-2,5H,3-4H2,(H,13,14). The summed E-state index contributed by atoms with van der Waals surface area (Å²) >= 11 is 1.24. The summed E-state index contributed by atoms with van der Waals surface area (Å²) in [5.74, 6) is -0.544. The van der Waals surface area contributed by atoms with Gasteiger partial charge in [-0.15, -0.1) is 11.8 Å². The van der Waals surface area contributed by atoms with E-state index in [9.17, 15) is 14.9 Å². The largest absolute Gasteiger partial charge is 0.481 e. The van der Waals surface area contributed by atoms with Crippen LogP contribution in [0.2, 0.25) is 0 Å². The van der Waals surface area contributed by atoms with Crippen LogP contribution in [0.15, 0.2) is 23.1 Å². The lowest BCUT2D eigenvalue weighted by Crippen LogP contribution is -1.96. The highest BCUT2D eigenvalue weighted by Crippen LogP contribution is 2.25. The van der Waals surface area contributed by atoms with E-state index in [1.165, 1.54) is 30.0 Å². The third kappa shape index (κ3) is 3.77. The fourth-order valence-corrected chi connectivity index (χ4v) is 1.99. The van der Waals surface area contributed by atoms with Crippen molar-refractivity contribution in [3.8, 4) is 6.07 Å². The molecule has 0 bridgehead atoms. The summed E-state index contributed by atoms with van der Waals surface area (Å²) in [6.45, 7) is 0. The highest BCUT2D eigenvalue weighted by molar-refractivity contribution is 7.99. The lowest BCUT2D eigenvalue weighted by atomic mass is 10.2. The normalized spacial score (nSPS) is 9.59. The first-order valence-corrected chi connectivity index (χ1v) is 5.56. The summed E-state index contributed by atoms with van der Waals surface area (Å²) < 4.78 is 0. The lowest BCUT2D eigenvalue weighted by Gasteiger charge is -2.00. The Bertz CT molecular complexity index is 496. The summed E-state index contributed by atoms with van der Waals surface area (Å²) in [5, 5.41) is 27.8. The van der Waals surface area contributed by atoms with E-state index in [0.717, 1.165) is 0 Å². The van der Waals surface area contributed by atoms with Crippen LogP contribution in [-0.4, -0.2) is 21.8 Å². The molecule has 6 nitrogen and oxygen atoms in total. The lowest BCUT2D eigenvalue weighted by molar-refractivity contribution is -0.385. The monoisotopic (exact) mass is 252 g/mol. The second-order valence-electron chi connectivity index (χ2n) is 3.04. The van der Waals surface area contributed by atoms with E-state index >= 15 is 0 Å². The van der Waals surface area contributed by atoms with Gasteiger partial charge in [0.15, 0.2) is 0 Å². The minimum absolute atomic E-state index is 0.00351. The SMILES string of the molecule is N#Cc1cc(SCCC(=O)O)ccc1[N+](=O)[O-]. The van der Waals surface area contributed by atoms with Crippen LogP contribution < -0.4 is 0 Å². The zero-order valence-electron chi connectivity index (χ0n) is 8.62. The molecule has 1 N–H and O–H groups in total. The highest BCUT2D eigenvalue weighted by Gasteiger charge is 2.13. The average molecular weight is 252 g/mol. The van der Waals surface area contributed by atoms with Crippen LogP contribution in [-0.2, 0) is 4.79 Å². The second kappa shape index (κ2) is 5.86. The first-order valence-electron chi connectivity index (χ1n) is 4.57. The summed E-state index contributed by atoms with van der Waals surface area (Å²) in [7, 11) is 0. The van der Waals surface area contributed by atoms with Crippen LogP contribution in [0, 0.1) is 21.4 Å². The smallest absolute Gasteiger partial charge is 0.304 e. The Balaban J connectivity index is 2.80. The molecule has 0 unspecified atom stereocenters. The molecule has 88 valence electrons. The molecule has 17 heavy (non-hydrogen) atoms. The Morgan fingerprint density at radius 3 is 2.82 bits per heavy atom. The van der Waals surface area contributed by atoms with Crippen LogP contribution in [0.4, 0.5) is 5.69 Å². The van der Waals surface area contributed by atoms with Gasteiger partial charge < -0.3 is 5.11 Å². The zero-order valence-corrected chi connectivity index (χ0v) is 9.44. The van der Waals surface area contributed by atoms with Gasteiger partial charge in [-0.3, -0.25) is 14.9 Å². The minimum Gasteiger partial charge on any atom is -0.481 e. The van der Waals surface area contributed by atoms with E-state index in [2.05, 4.69) is 0 Å². The van der Waals surface area contributed by atoms with E-state index in [4.69, 9.17) is 10.4 Å². The molecule has 0 aromatic heterocycles. The molecule has 0 radical (unpaired) electrons. The van der Waals surface area contributed by atoms with Gasteiger partial charge in [-0.1, -0.05) is 0 Å². The van der Waals surface area contributed by atoms with Crippen molar-refractivity contribution in [1.82, 2.24) is 0 Å². The maximum Gasteiger partial charge on any atom is 0.304 e. The maximum atomic E-state index is 10.6. The Morgan fingerprint density at radius 2 is 2.29 bits per heavy atom. The molecule has 1 aromatic rings. The van der Waals surface area contributed by atoms with Crippen LogP contribution in [0.25, 0.3) is 0 Å². The van der Waals surface area contributed by atoms with Gasteiger partial charge in [0, 0.05) is 16.7 Å². The molecule has 1 rings (SSSR count). The molecular weight excluding hydrogens is 244 g/mol. The van der Waals surface area contributed by atoms with E-state index in [1.807, 2.05) is 0 Å². The van der Waals surface area contributed by atoms with Gasteiger partial charge >= 0.3 is 5.97 Å². The molecule has 0 amide bonds. The number of hydrogen-bond donors (Lipinski definition) is 1. The molecule has 0 aliphatic heterocycles. The predicted octanol–water partition coefficient (Wildman–Crippen LogP) is 2.03. The fourth-order valence-electron chi connectivity index (χ4n) is 1.11. The third-order valence-corrected chi connectivity index (χ3v) is 2.87. The van der Waals surface area contributed by atoms with Crippen LogP contribution in [0.3, 0.4) is 0 Å². The molecule has 1 aromatic carbocycles. The number of benzene rings is 1. The molecule has 0 aliphatic carbocycles. The molecule has 0 saturated heterocycles. The first-order chi connectivity index (χ1) is 8.04. The van der Waals surface area contributed by atoms with E-state index in [0.29, 0.717) is 10.6 Å². The van der Waals surface area contributed by atoms with E-state index in [-0.39, 0.29) is 17.7 Å². The number of thioether (sulfide) groups is 1. The Kier molecular flexibility index (Phi) is 4.48. The van der Waals surface area contributed by atoms with Gasteiger partial charge in [0.05, 0.1) is 11.3 Å². The van der Waals surface area contributed by atoms with Crippen LogP contribution in [0.1, 0.15) is 12.0 Å². The van der Waals surface area contributed by atoms with Crippen LogP contribution >= 0.6 is 11.8 Å². The van der Waals surface area contributed by atoms with E-state index in [1.54, 1.807) is 6.07 Å². The topological polar surface area (TPSA) is 104 Å². The van der Waals surface area contributed by atoms with Crippen molar-refractivity contribution in [2.75, 3.05) is 5.75 Å². The van der Waals surface area contributed by atoms with E-state index < -0.39 is 10.9 Å².